The number of carbonyl (C=O) groups is 1. The molecule has 3 heteroatoms. The second-order valence-corrected chi connectivity index (χ2v) is 5.21. The molecule has 1 rings (SSSR count). The number of nitriles is 1. The Morgan fingerprint density at radius 3 is 2.28 bits per heavy atom. The van der Waals surface area contributed by atoms with E-state index in [0.29, 0.717) is 6.42 Å². The Morgan fingerprint density at radius 1 is 1.28 bits per heavy atom. The molecule has 0 unspecified atom stereocenters. The second kappa shape index (κ2) is 5.22. The van der Waals surface area contributed by atoms with Gasteiger partial charge in [-0.2, -0.15) is 5.26 Å². The van der Waals surface area contributed by atoms with Gasteiger partial charge in [-0.1, -0.05) is 30.3 Å². The Balaban J connectivity index is 2.99. The Morgan fingerprint density at radius 2 is 1.83 bits per heavy atom. The molecule has 0 saturated carbocycles. The summed E-state index contributed by atoms with van der Waals surface area (Å²) in [6.07, 6.45) is 0.546. The van der Waals surface area contributed by atoms with Crippen LogP contribution in [0.4, 0.5) is 0 Å². The number of nitrogens with zero attached hydrogens (tertiary/aromatic N) is 1. The molecule has 0 spiro atoms. The van der Waals surface area contributed by atoms with Gasteiger partial charge in [-0.05, 0) is 32.8 Å². The molecule has 1 atom stereocenters. The predicted octanol–water partition coefficient (Wildman–Crippen LogP) is 3.10. The minimum absolute atomic E-state index is 0.366. The maximum absolute atomic E-state index is 11.1. The third-order valence-electron chi connectivity index (χ3n) is 3.37. The maximum atomic E-state index is 11.1. The second-order valence-electron chi connectivity index (χ2n) is 5.21. The highest BCUT2D eigenvalue weighted by Gasteiger charge is 2.44. The van der Waals surface area contributed by atoms with E-state index in [1.807, 2.05) is 37.3 Å². The van der Waals surface area contributed by atoms with Crippen molar-refractivity contribution in [1.82, 2.24) is 0 Å². The molecule has 0 bridgehead atoms. The van der Waals surface area contributed by atoms with Gasteiger partial charge in [0.05, 0.1) is 11.5 Å². The van der Waals surface area contributed by atoms with Gasteiger partial charge in [0.15, 0.2) is 0 Å². The lowest BCUT2D eigenvalue weighted by Gasteiger charge is -2.38. The fourth-order valence-corrected chi connectivity index (χ4v) is 1.86. The summed E-state index contributed by atoms with van der Waals surface area (Å²) in [4.78, 5) is 11.1. The van der Waals surface area contributed by atoms with E-state index in [-0.39, 0.29) is 5.97 Å². The van der Waals surface area contributed by atoms with Crippen molar-refractivity contribution in [3.05, 3.63) is 35.9 Å². The molecule has 1 aromatic carbocycles. The van der Waals surface area contributed by atoms with Gasteiger partial charge in [0, 0.05) is 6.92 Å². The van der Waals surface area contributed by atoms with Crippen LogP contribution in [0.5, 0.6) is 0 Å². The average molecular weight is 245 g/mol. The van der Waals surface area contributed by atoms with Gasteiger partial charge in [-0.15, -0.1) is 0 Å². The number of hydrogen-bond donors (Lipinski definition) is 0. The van der Waals surface area contributed by atoms with Crippen molar-refractivity contribution in [2.75, 3.05) is 0 Å². The van der Waals surface area contributed by atoms with Crippen molar-refractivity contribution >= 4 is 5.97 Å². The molecule has 0 aromatic heterocycles. The molecule has 0 radical (unpaired) electrons. The van der Waals surface area contributed by atoms with Crippen LogP contribution in [0.3, 0.4) is 0 Å². The third-order valence-corrected chi connectivity index (χ3v) is 3.37. The zero-order chi connectivity index (χ0) is 13.8. The number of rotatable bonds is 4. The molecule has 3 nitrogen and oxygen atoms in total. The molecule has 0 aliphatic heterocycles. The summed E-state index contributed by atoms with van der Waals surface area (Å²) in [6.45, 7) is 6.74. The topological polar surface area (TPSA) is 50.1 Å². The Kier molecular flexibility index (Phi) is 4.13. The first-order valence-corrected chi connectivity index (χ1v) is 5.95. The van der Waals surface area contributed by atoms with E-state index < -0.39 is 11.0 Å². The normalized spacial score (nSPS) is 14.4. The summed E-state index contributed by atoms with van der Waals surface area (Å²) < 4.78 is 5.30. The van der Waals surface area contributed by atoms with Crippen LogP contribution in [0.25, 0.3) is 0 Å². The van der Waals surface area contributed by atoms with Crippen LogP contribution < -0.4 is 0 Å². The molecule has 18 heavy (non-hydrogen) atoms. The van der Waals surface area contributed by atoms with Gasteiger partial charge in [0.25, 0.3) is 0 Å². The molecular formula is C15H19NO2. The summed E-state index contributed by atoms with van der Waals surface area (Å²) in [7, 11) is 0. The molecular weight excluding hydrogens is 226 g/mol. The van der Waals surface area contributed by atoms with Gasteiger partial charge >= 0.3 is 5.97 Å². The molecule has 0 saturated heterocycles. The zero-order valence-electron chi connectivity index (χ0n) is 11.4. The van der Waals surface area contributed by atoms with Crippen LogP contribution in [0.2, 0.25) is 0 Å². The number of benzene rings is 1. The molecule has 0 aliphatic carbocycles. The van der Waals surface area contributed by atoms with Crippen LogP contribution >= 0.6 is 0 Å². The SMILES string of the molecule is CC(=O)OC(C)(C)[C@@](C)(C#N)Cc1ccccc1. The Hall–Kier alpha value is -1.82. The predicted molar refractivity (Wildman–Crippen MR) is 69.7 cm³/mol. The summed E-state index contributed by atoms with van der Waals surface area (Å²) >= 11 is 0. The van der Waals surface area contributed by atoms with Gasteiger partial charge < -0.3 is 4.74 Å². The fourth-order valence-electron chi connectivity index (χ4n) is 1.86. The summed E-state index contributed by atoms with van der Waals surface area (Å²) in [6, 6.07) is 12.0. The number of esters is 1. The lowest BCUT2D eigenvalue weighted by molar-refractivity contribution is -0.162. The Bertz CT molecular complexity index is 459. The van der Waals surface area contributed by atoms with Crippen molar-refractivity contribution in [2.24, 2.45) is 5.41 Å². The molecule has 0 aliphatic rings. The van der Waals surface area contributed by atoms with Crippen molar-refractivity contribution in [1.29, 1.82) is 5.26 Å². The summed E-state index contributed by atoms with van der Waals surface area (Å²) in [5.41, 5.74) is -0.537. The van der Waals surface area contributed by atoms with E-state index in [0.717, 1.165) is 5.56 Å². The van der Waals surface area contributed by atoms with Gasteiger partial charge in [0.2, 0.25) is 0 Å². The minimum atomic E-state index is -0.830. The van der Waals surface area contributed by atoms with Gasteiger partial charge in [-0.3, -0.25) is 4.79 Å². The highest BCUT2D eigenvalue weighted by atomic mass is 16.6. The Labute approximate surface area is 108 Å². The fraction of sp³-hybridized carbons (Fsp3) is 0.467. The van der Waals surface area contributed by atoms with Crippen LogP contribution in [0.1, 0.15) is 33.3 Å². The van der Waals surface area contributed by atoms with Crippen LogP contribution in [0.15, 0.2) is 30.3 Å². The van der Waals surface area contributed by atoms with Gasteiger partial charge in [-0.25, -0.2) is 0 Å². The van der Waals surface area contributed by atoms with E-state index in [9.17, 15) is 10.1 Å². The monoisotopic (exact) mass is 245 g/mol. The molecule has 0 heterocycles. The number of hydrogen-bond acceptors (Lipinski definition) is 3. The summed E-state index contributed by atoms with van der Waals surface area (Å²) in [5.74, 6) is -0.366. The smallest absolute Gasteiger partial charge is 0.303 e. The number of ether oxygens (including phenoxy) is 1. The summed E-state index contributed by atoms with van der Waals surface area (Å²) in [5, 5.41) is 9.45. The molecule has 96 valence electrons. The third kappa shape index (κ3) is 3.10. The quantitative estimate of drug-likeness (QED) is 0.766. The van der Waals surface area contributed by atoms with Crippen molar-refractivity contribution in [3.63, 3.8) is 0 Å². The van der Waals surface area contributed by atoms with E-state index in [4.69, 9.17) is 4.74 Å². The van der Waals surface area contributed by atoms with E-state index in [2.05, 4.69) is 6.07 Å². The first kappa shape index (κ1) is 14.2. The standard InChI is InChI=1S/C15H19NO2/c1-12(17)18-14(2,3)15(4,11-16)10-13-8-6-5-7-9-13/h5-9H,10H2,1-4H3/t15-/m1/s1. The van der Waals surface area contributed by atoms with Crippen LogP contribution in [-0.2, 0) is 16.0 Å². The molecule has 0 fully saturated rings. The largest absolute Gasteiger partial charge is 0.458 e. The van der Waals surface area contributed by atoms with Crippen LogP contribution in [-0.4, -0.2) is 11.6 Å². The molecule has 0 N–H and O–H groups in total. The molecule has 1 aromatic rings. The first-order valence-electron chi connectivity index (χ1n) is 5.95. The first-order chi connectivity index (χ1) is 8.31. The zero-order valence-corrected chi connectivity index (χ0v) is 11.4. The minimum Gasteiger partial charge on any atom is -0.458 e. The number of carbonyl (C=O) groups excluding carboxylic acids is 1. The van der Waals surface area contributed by atoms with Crippen molar-refractivity contribution < 1.29 is 9.53 Å². The van der Waals surface area contributed by atoms with Crippen molar-refractivity contribution in [2.45, 2.75) is 39.7 Å². The van der Waals surface area contributed by atoms with Crippen molar-refractivity contribution in [3.8, 4) is 6.07 Å². The van der Waals surface area contributed by atoms with E-state index in [1.54, 1.807) is 13.8 Å². The average Bonchev–Trinajstić information content (AvgIpc) is 2.28. The highest BCUT2D eigenvalue weighted by molar-refractivity contribution is 5.66. The maximum Gasteiger partial charge on any atom is 0.303 e. The highest BCUT2D eigenvalue weighted by Crippen LogP contribution is 2.37. The van der Waals surface area contributed by atoms with E-state index in [1.165, 1.54) is 6.92 Å². The van der Waals surface area contributed by atoms with Gasteiger partial charge in [0.1, 0.15) is 5.60 Å². The lowest BCUT2D eigenvalue weighted by atomic mass is 9.72. The van der Waals surface area contributed by atoms with Crippen LogP contribution in [0, 0.1) is 16.7 Å². The van der Waals surface area contributed by atoms with E-state index >= 15 is 0 Å². The lowest BCUT2D eigenvalue weighted by Crippen LogP contribution is -2.45. The molecule has 0 amide bonds.